The molecule has 1 aromatic carbocycles. The van der Waals surface area contributed by atoms with E-state index in [-0.39, 0.29) is 0 Å². The van der Waals surface area contributed by atoms with E-state index in [1.54, 1.807) is 0 Å². The highest BCUT2D eigenvalue weighted by Gasteiger charge is 2.17. The van der Waals surface area contributed by atoms with Gasteiger partial charge in [-0.25, -0.2) is 4.98 Å². The van der Waals surface area contributed by atoms with E-state index in [4.69, 9.17) is 15.2 Å². The Labute approximate surface area is 124 Å². The molecule has 3 rings (SSSR count). The summed E-state index contributed by atoms with van der Waals surface area (Å²) < 4.78 is 11.3. The fraction of sp³-hybridized carbons (Fsp3) is 0.353. The van der Waals surface area contributed by atoms with Gasteiger partial charge in [0.2, 0.25) is 5.88 Å². The number of hydrogen-bond donors (Lipinski definition) is 1. The molecule has 1 aromatic heterocycles. The van der Waals surface area contributed by atoms with E-state index in [1.165, 1.54) is 12.0 Å². The van der Waals surface area contributed by atoms with Crippen molar-refractivity contribution < 1.29 is 9.47 Å². The first-order chi connectivity index (χ1) is 10.3. The second-order valence-electron chi connectivity index (χ2n) is 5.12. The Hall–Kier alpha value is -2.07. The lowest BCUT2D eigenvalue weighted by Gasteiger charge is -2.12. The van der Waals surface area contributed by atoms with Crippen molar-refractivity contribution in [1.29, 1.82) is 0 Å². The van der Waals surface area contributed by atoms with Gasteiger partial charge in [-0.2, -0.15) is 0 Å². The van der Waals surface area contributed by atoms with Crippen LogP contribution in [0.15, 0.2) is 30.3 Å². The van der Waals surface area contributed by atoms with Gasteiger partial charge in [0.15, 0.2) is 0 Å². The molecule has 1 aliphatic carbocycles. The van der Waals surface area contributed by atoms with Gasteiger partial charge >= 0.3 is 0 Å². The molecule has 1 aliphatic rings. The van der Waals surface area contributed by atoms with E-state index in [0.29, 0.717) is 19.0 Å². The van der Waals surface area contributed by atoms with Crippen molar-refractivity contribution in [3.05, 3.63) is 47.2 Å². The summed E-state index contributed by atoms with van der Waals surface area (Å²) in [6, 6.07) is 9.71. The predicted molar refractivity (Wildman–Crippen MR) is 81.8 cm³/mol. The topological polar surface area (TPSA) is 57.4 Å². The largest absolute Gasteiger partial charge is 0.494 e. The van der Waals surface area contributed by atoms with Crippen LogP contribution < -0.4 is 15.2 Å². The van der Waals surface area contributed by atoms with Crippen LogP contribution in [0.25, 0.3) is 0 Å². The van der Waals surface area contributed by atoms with E-state index in [1.807, 2.05) is 31.2 Å². The van der Waals surface area contributed by atoms with Crippen LogP contribution >= 0.6 is 0 Å². The first kappa shape index (κ1) is 13.9. The molecule has 4 heteroatoms. The van der Waals surface area contributed by atoms with Gasteiger partial charge in [0.05, 0.1) is 6.61 Å². The molecule has 2 aromatic rings. The van der Waals surface area contributed by atoms with Crippen LogP contribution in [-0.2, 0) is 19.4 Å². The Morgan fingerprint density at radius 1 is 1.14 bits per heavy atom. The minimum atomic E-state index is 0.437. The van der Waals surface area contributed by atoms with Crippen molar-refractivity contribution in [3.63, 3.8) is 0 Å². The van der Waals surface area contributed by atoms with Gasteiger partial charge in [0.1, 0.15) is 11.5 Å². The first-order valence-corrected chi connectivity index (χ1v) is 7.42. The second kappa shape index (κ2) is 6.14. The average molecular weight is 284 g/mol. The maximum absolute atomic E-state index is 5.91. The van der Waals surface area contributed by atoms with Gasteiger partial charge in [-0.3, -0.25) is 0 Å². The quantitative estimate of drug-likeness (QED) is 0.916. The number of ether oxygens (including phenoxy) is 2. The summed E-state index contributed by atoms with van der Waals surface area (Å²) in [5.41, 5.74) is 9.25. The van der Waals surface area contributed by atoms with E-state index in [0.717, 1.165) is 35.6 Å². The Kier molecular flexibility index (Phi) is 4.06. The molecule has 0 bridgehead atoms. The molecule has 0 fully saturated rings. The Morgan fingerprint density at radius 2 is 1.90 bits per heavy atom. The fourth-order valence-corrected chi connectivity index (χ4v) is 2.62. The van der Waals surface area contributed by atoms with Gasteiger partial charge in [0.25, 0.3) is 0 Å². The zero-order chi connectivity index (χ0) is 14.7. The molecule has 0 amide bonds. The van der Waals surface area contributed by atoms with Crippen molar-refractivity contribution in [3.8, 4) is 17.4 Å². The molecule has 0 spiro atoms. The van der Waals surface area contributed by atoms with Crippen molar-refractivity contribution in [1.82, 2.24) is 4.98 Å². The number of benzene rings is 1. The number of hydrogen-bond acceptors (Lipinski definition) is 4. The van der Waals surface area contributed by atoms with E-state index >= 15 is 0 Å². The fourth-order valence-electron chi connectivity index (χ4n) is 2.62. The summed E-state index contributed by atoms with van der Waals surface area (Å²) >= 11 is 0. The highest BCUT2D eigenvalue weighted by molar-refractivity contribution is 5.40. The second-order valence-corrected chi connectivity index (χ2v) is 5.12. The van der Waals surface area contributed by atoms with E-state index in [9.17, 15) is 0 Å². The Bertz CT molecular complexity index is 623. The molecule has 21 heavy (non-hydrogen) atoms. The minimum absolute atomic E-state index is 0.437. The lowest BCUT2D eigenvalue weighted by atomic mass is 10.1. The summed E-state index contributed by atoms with van der Waals surface area (Å²) in [6.07, 6.45) is 3.29. The number of pyridine rings is 1. The van der Waals surface area contributed by atoms with Crippen LogP contribution in [0, 0.1) is 0 Å². The van der Waals surface area contributed by atoms with Gasteiger partial charge in [-0.15, -0.1) is 0 Å². The number of rotatable bonds is 5. The standard InChI is InChI=1S/C17H20N2O2/c1-2-20-14-6-8-15(9-7-14)21-17-13(11-18)10-12-4-3-5-16(12)19-17/h6-10H,2-5,11,18H2,1H3. The molecule has 0 atom stereocenters. The van der Waals surface area contributed by atoms with Gasteiger partial charge < -0.3 is 15.2 Å². The maximum atomic E-state index is 5.91. The molecule has 0 saturated heterocycles. The number of aromatic nitrogens is 1. The van der Waals surface area contributed by atoms with E-state index in [2.05, 4.69) is 11.1 Å². The zero-order valence-electron chi connectivity index (χ0n) is 12.3. The molecular weight excluding hydrogens is 264 g/mol. The molecule has 0 unspecified atom stereocenters. The first-order valence-electron chi connectivity index (χ1n) is 7.42. The SMILES string of the molecule is CCOc1ccc(Oc2nc3c(cc2CN)CCC3)cc1. The summed E-state index contributed by atoms with van der Waals surface area (Å²) in [5, 5.41) is 0. The van der Waals surface area contributed by atoms with Crippen LogP contribution in [-0.4, -0.2) is 11.6 Å². The summed E-state index contributed by atoms with van der Waals surface area (Å²) in [6.45, 7) is 3.06. The van der Waals surface area contributed by atoms with Crippen LogP contribution in [0.4, 0.5) is 0 Å². The minimum Gasteiger partial charge on any atom is -0.494 e. The van der Waals surface area contributed by atoms with Crippen LogP contribution in [0.3, 0.4) is 0 Å². The third-order valence-corrected chi connectivity index (χ3v) is 3.66. The number of nitrogens with two attached hydrogens (primary N) is 1. The molecule has 2 N–H and O–H groups in total. The highest BCUT2D eigenvalue weighted by atomic mass is 16.5. The zero-order valence-corrected chi connectivity index (χ0v) is 12.3. The van der Waals surface area contributed by atoms with Crippen LogP contribution in [0.5, 0.6) is 17.4 Å². The van der Waals surface area contributed by atoms with E-state index < -0.39 is 0 Å². The summed E-state index contributed by atoms with van der Waals surface area (Å²) in [4.78, 5) is 4.64. The molecule has 0 aliphatic heterocycles. The van der Waals surface area contributed by atoms with Gasteiger partial charge in [-0.05, 0) is 62.1 Å². The van der Waals surface area contributed by atoms with Gasteiger partial charge in [-0.1, -0.05) is 0 Å². The van der Waals surface area contributed by atoms with Crippen LogP contribution in [0.1, 0.15) is 30.2 Å². The highest BCUT2D eigenvalue weighted by Crippen LogP contribution is 2.30. The smallest absolute Gasteiger partial charge is 0.223 e. The molecule has 0 radical (unpaired) electrons. The number of nitrogens with zero attached hydrogens (tertiary/aromatic N) is 1. The third kappa shape index (κ3) is 3.00. The Balaban J connectivity index is 1.83. The van der Waals surface area contributed by atoms with Crippen molar-refractivity contribution >= 4 is 0 Å². The average Bonchev–Trinajstić information content (AvgIpc) is 2.96. The monoisotopic (exact) mass is 284 g/mol. The Morgan fingerprint density at radius 3 is 2.62 bits per heavy atom. The maximum Gasteiger partial charge on any atom is 0.223 e. The summed E-state index contributed by atoms with van der Waals surface area (Å²) in [7, 11) is 0. The molecule has 4 nitrogen and oxygen atoms in total. The van der Waals surface area contributed by atoms with Crippen molar-refractivity contribution in [2.24, 2.45) is 5.73 Å². The number of aryl methyl sites for hydroxylation is 2. The predicted octanol–water partition coefficient (Wildman–Crippen LogP) is 3.22. The van der Waals surface area contributed by atoms with Crippen molar-refractivity contribution in [2.75, 3.05) is 6.61 Å². The third-order valence-electron chi connectivity index (χ3n) is 3.66. The molecule has 1 heterocycles. The lowest BCUT2D eigenvalue weighted by molar-refractivity contribution is 0.339. The molecule has 0 saturated carbocycles. The van der Waals surface area contributed by atoms with Gasteiger partial charge in [0, 0.05) is 17.8 Å². The lowest BCUT2D eigenvalue weighted by Crippen LogP contribution is -2.04. The number of fused-ring (bicyclic) bond motifs is 1. The summed E-state index contributed by atoms with van der Waals surface area (Å²) in [5.74, 6) is 2.21. The van der Waals surface area contributed by atoms with Crippen LogP contribution in [0.2, 0.25) is 0 Å². The normalized spacial score (nSPS) is 13.0. The molecule has 110 valence electrons. The molecular formula is C17H20N2O2. The van der Waals surface area contributed by atoms with Crippen molar-refractivity contribution in [2.45, 2.75) is 32.7 Å².